The molecule has 2 aromatic carbocycles. The van der Waals surface area contributed by atoms with Crippen LogP contribution in [0.25, 0.3) is 0 Å². The van der Waals surface area contributed by atoms with Crippen molar-refractivity contribution in [2.24, 2.45) is 0 Å². The molecular formula is C19H24N2O3S. The van der Waals surface area contributed by atoms with Crippen LogP contribution in [0.3, 0.4) is 0 Å². The minimum Gasteiger partial charge on any atom is -0.497 e. The lowest BCUT2D eigenvalue weighted by molar-refractivity contribution is 0.200. The summed E-state index contributed by atoms with van der Waals surface area (Å²) in [7, 11) is -1.92. The summed E-state index contributed by atoms with van der Waals surface area (Å²) in [6.45, 7) is 2.70. The molecule has 1 aliphatic heterocycles. The molecule has 3 rings (SSSR count). The Morgan fingerprint density at radius 2 is 1.68 bits per heavy atom. The van der Waals surface area contributed by atoms with E-state index in [1.165, 1.54) is 5.56 Å². The number of sulfonamides is 1. The molecule has 1 fully saturated rings. The maximum atomic E-state index is 12.5. The summed E-state index contributed by atoms with van der Waals surface area (Å²) < 4.78 is 32.9. The number of piperidine rings is 1. The van der Waals surface area contributed by atoms with E-state index in [2.05, 4.69) is 21.8 Å². The fourth-order valence-corrected chi connectivity index (χ4v) is 4.40. The van der Waals surface area contributed by atoms with Crippen LogP contribution in [-0.4, -0.2) is 39.6 Å². The van der Waals surface area contributed by atoms with Crippen LogP contribution < -0.4 is 9.46 Å². The molecule has 134 valence electrons. The molecule has 1 aliphatic rings. The van der Waals surface area contributed by atoms with Gasteiger partial charge in [0.15, 0.2) is 0 Å². The third-order valence-corrected chi connectivity index (χ3v) is 6.06. The third-order valence-electron chi connectivity index (χ3n) is 4.53. The zero-order valence-corrected chi connectivity index (χ0v) is 15.2. The molecule has 0 aromatic heterocycles. The molecule has 1 heterocycles. The maximum absolute atomic E-state index is 12.5. The molecule has 25 heavy (non-hydrogen) atoms. The van der Waals surface area contributed by atoms with E-state index in [4.69, 9.17) is 4.74 Å². The van der Waals surface area contributed by atoms with Crippen molar-refractivity contribution in [3.63, 3.8) is 0 Å². The average molecular weight is 360 g/mol. The smallest absolute Gasteiger partial charge is 0.240 e. The van der Waals surface area contributed by atoms with Gasteiger partial charge in [-0.2, -0.15) is 0 Å². The lowest BCUT2D eigenvalue weighted by Crippen LogP contribution is -2.44. The molecule has 0 atom stereocenters. The zero-order valence-electron chi connectivity index (χ0n) is 14.4. The fraction of sp³-hybridized carbons (Fsp3) is 0.368. The Labute approximate surface area is 149 Å². The summed E-state index contributed by atoms with van der Waals surface area (Å²) in [5, 5.41) is 0. The van der Waals surface area contributed by atoms with Crippen molar-refractivity contribution in [1.29, 1.82) is 0 Å². The SMILES string of the molecule is COc1ccc(S(=O)(=O)NC2CCN(Cc3ccccc3)CC2)cc1. The second-order valence-electron chi connectivity index (χ2n) is 6.33. The summed E-state index contributed by atoms with van der Waals surface area (Å²) in [5.41, 5.74) is 1.29. The van der Waals surface area contributed by atoms with Crippen molar-refractivity contribution < 1.29 is 13.2 Å². The minimum absolute atomic E-state index is 0.0147. The van der Waals surface area contributed by atoms with E-state index in [1.54, 1.807) is 31.4 Å². The van der Waals surface area contributed by atoms with Crippen LogP contribution >= 0.6 is 0 Å². The molecule has 0 spiro atoms. The number of methoxy groups -OCH3 is 1. The molecular weight excluding hydrogens is 336 g/mol. The molecule has 1 saturated heterocycles. The molecule has 5 nitrogen and oxygen atoms in total. The lowest BCUT2D eigenvalue weighted by Gasteiger charge is -2.32. The summed E-state index contributed by atoms with van der Waals surface area (Å²) in [5.74, 6) is 0.646. The van der Waals surface area contributed by atoms with Crippen molar-refractivity contribution in [3.05, 3.63) is 60.2 Å². The zero-order chi connectivity index (χ0) is 17.7. The van der Waals surface area contributed by atoms with Gasteiger partial charge in [0.2, 0.25) is 10.0 Å². The van der Waals surface area contributed by atoms with Gasteiger partial charge in [-0.1, -0.05) is 30.3 Å². The second kappa shape index (κ2) is 7.99. The molecule has 0 amide bonds. The van der Waals surface area contributed by atoms with Crippen molar-refractivity contribution in [2.45, 2.75) is 30.3 Å². The number of rotatable bonds is 6. The largest absolute Gasteiger partial charge is 0.497 e. The van der Waals surface area contributed by atoms with Crippen molar-refractivity contribution >= 4 is 10.0 Å². The number of benzene rings is 2. The molecule has 2 aromatic rings. The predicted octanol–water partition coefficient (Wildman–Crippen LogP) is 2.64. The first-order valence-corrected chi connectivity index (χ1v) is 9.98. The fourth-order valence-electron chi connectivity index (χ4n) is 3.09. The minimum atomic E-state index is -3.49. The predicted molar refractivity (Wildman–Crippen MR) is 98.1 cm³/mol. The van der Waals surface area contributed by atoms with Crippen LogP contribution in [0.2, 0.25) is 0 Å². The van der Waals surface area contributed by atoms with Crippen LogP contribution in [0.15, 0.2) is 59.5 Å². The van der Waals surface area contributed by atoms with E-state index >= 15 is 0 Å². The quantitative estimate of drug-likeness (QED) is 0.860. The van der Waals surface area contributed by atoms with Crippen LogP contribution in [0.1, 0.15) is 18.4 Å². The van der Waals surface area contributed by atoms with E-state index in [0.29, 0.717) is 5.75 Å². The first-order chi connectivity index (χ1) is 12.1. The van der Waals surface area contributed by atoms with E-state index in [1.807, 2.05) is 18.2 Å². The molecule has 0 bridgehead atoms. The molecule has 0 unspecified atom stereocenters. The summed E-state index contributed by atoms with van der Waals surface area (Å²) in [6.07, 6.45) is 1.64. The highest BCUT2D eigenvalue weighted by molar-refractivity contribution is 7.89. The van der Waals surface area contributed by atoms with Gasteiger partial charge in [-0.05, 0) is 42.7 Å². The monoisotopic (exact) mass is 360 g/mol. The average Bonchev–Trinajstić information content (AvgIpc) is 2.64. The Morgan fingerprint density at radius 3 is 2.28 bits per heavy atom. The Balaban J connectivity index is 1.54. The van der Waals surface area contributed by atoms with Crippen LogP contribution in [0.4, 0.5) is 0 Å². The third kappa shape index (κ3) is 4.81. The highest BCUT2D eigenvalue weighted by atomic mass is 32.2. The standard InChI is InChI=1S/C19H24N2O3S/c1-24-18-7-9-19(10-8-18)25(22,23)20-17-11-13-21(14-12-17)15-16-5-3-2-4-6-16/h2-10,17,20H,11-15H2,1H3. The van der Waals surface area contributed by atoms with Crippen LogP contribution in [0.5, 0.6) is 5.75 Å². The van der Waals surface area contributed by atoms with E-state index in [-0.39, 0.29) is 10.9 Å². The molecule has 6 heteroatoms. The van der Waals surface area contributed by atoms with Gasteiger partial charge in [0.05, 0.1) is 12.0 Å². The van der Waals surface area contributed by atoms with Crippen molar-refractivity contribution in [1.82, 2.24) is 9.62 Å². The van der Waals surface area contributed by atoms with E-state index < -0.39 is 10.0 Å². The number of hydrogen-bond donors (Lipinski definition) is 1. The van der Waals surface area contributed by atoms with Crippen LogP contribution in [-0.2, 0) is 16.6 Å². The number of nitrogens with one attached hydrogen (secondary N) is 1. The van der Waals surface area contributed by atoms with Gasteiger partial charge in [0.1, 0.15) is 5.75 Å². The van der Waals surface area contributed by atoms with E-state index in [9.17, 15) is 8.42 Å². The van der Waals surface area contributed by atoms with Crippen LogP contribution in [0, 0.1) is 0 Å². The molecule has 0 saturated carbocycles. The first kappa shape index (κ1) is 17.9. The van der Waals surface area contributed by atoms with Gasteiger partial charge in [0.25, 0.3) is 0 Å². The van der Waals surface area contributed by atoms with Gasteiger partial charge in [-0.3, -0.25) is 4.90 Å². The summed E-state index contributed by atoms with van der Waals surface area (Å²) >= 11 is 0. The van der Waals surface area contributed by atoms with Gasteiger partial charge in [-0.25, -0.2) is 13.1 Å². The van der Waals surface area contributed by atoms with Gasteiger partial charge in [0, 0.05) is 25.7 Å². The van der Waals surface area contributed by atoms with E-state index in [0.717, 1.165) is 32.5 Å². The van der Waals surface area contributed by atoms with Gasteiger partial charge in [-0.15, -0.1) is 0 Å². The van der Waals surface area contributed by atoms with Crippen molar-refractivity contribution in [3.8, 4) is 5.75 Å². The summed E-state index contributed by atoms with van der Waals surface area (Å²) in [6, 6.07) is 16.8. The Hall–Kier alpha value is -1.89. The number of nitrogens with zero attached hydrogens (tertiary/aromatic N) is 1. The van der Waals surface area contributed by atoms with Crippen molar-refractivity contribution in [2.75, 3.05) is 20.2 Å². The number of likely N-dealkylation sites (tertiary alicyclic amines) is 1. The van der Waals surface area contributed by atoms with Gasteiger partial charge >= 0.3 is 0 Å². The second-order valence-corrected chi connectivity index (χ2v) is 8.05. The Bertz CT molecular complexity index is 768. The lowest BCUT2D eigenvalue weighted by atomic mass is 10.1. The van der Waals surface area contributed by atoms with Gasteiger partial charge < -0.3 is 4.74 Å². The Kier molecular flexibility index (Phi) is 5.73. The number of ether oxygens (including phenoxy) is 1. The molecule has 1 N–H and O–H groups in total. The summed E-state index contributed by atoms with van der Waals surface area (Å²) in [4.78, 5) is 2.65. The highest BCUT2D eigenvalue weighted by Crippen LogP contribution is 2.19. The topological polar surface area (TPSA) is 58.6 Å². The first-order valence-electron chi connectivity index (χ1n) is 8.49. The molecule has 0 radical (unpaired) electrons. The highest BCUT2D eigenvalue weighted by Gasteiger charge is 2.24. The number of hydrogen-bond acceptors (Lipinski definition) is 4. The maximum Gasteiger partial charge on any atom is 0.240 e. The molecule has 0 aliphatic carbocycles. The Morgan fingerprint density at radius 1 is 1.04 bits per heavy atom. The normalized spacial score (nSPS) is 16.7.